The van der Waals surface area contributed by atoms with Crippen molar-refractivity contribution >= 4 is 11.6 Å². The zero-order valence-electron chi connectivity index (χ0n) is 9.08. The van der Waals surface area contributed by atoms with Crippen molar-refractivity contribution in [1.29, 1.82) is 0 Å². The number of methoxy groups -OCH3 is 1. The van der Waals surface area contributed by atoms with Crippen molar-refractivity contribution < 1.29 is 14.8 Å². The first-order chi connectivity index (χ1) is 7.56. The van der Waals surface area contributed by atoms with E-state index in [1.807, 2.05) is 0 Å². The Kier molecular flexibility index (Phi) is 4.20. The maximum absolute atomic E-state index is 10.6. The van der Waals surface area contributed by atoms with E-state index in [0.29, 0.717) is 0 Å². The van der Waals surface area contributed by atoms with Crippen LogP contribution in [0.3, 0.4) is 0 Å². The van der Waals surface area contributed by atoms with Crippen LogP contribution in [0.15, 0.2) is 6.33 Å². The summed E-state index contributed by atoms with van der Waals surface area (Å²) in [7, 11) is 3.10. The number of aromatic nitrogens is 2. The maximum Gasteiger partial charge on any atom is 0.406 e. The summed E-state index contributed by atoms with van der Waals surface area (Å²) in [6.45, 7) is 0.326. The second kappa shape index (κ2) is 5.42. The molecule has 0 aliphatic carbocycles. The third-order valence-corrected chi connectivity index (χ3v) is 1.95. The van der Waals surface area contributed by atoms with Crippen LogP contribution >= 0.6 is 0 Å². The van der Waals surface area contributed by atoms with Gasteiger partial charge in [0, 0.05) is 20.7 Å². The molecule has 8 heteroatoms. The Morgan fingerprint density at radius 3 is 3.06 bits per heavy atom. The van der Waals surface area contributed by atoms with Crippen LogP contribution in [-0.4, -0.2) is 45.9 Å². The molecule has 0 aromatic carbocycles. The minimum absolute atomic E-state index is 0.161. The average molecular weight is 230 g/mol. The smallest absolute Gasteiger partial charge is 0.389 e. The Bertz CT molecular complexity index is 365. The predicted octanol–water partition coefficient (Wildman–Crippen LogP) is -0.253. The summed E-state index contributed by atoms with van der Waals surface area (Å²) in [5.41, 5.74) is 0. The third-order valence-electron chi connectivity index (χ3n) is 1.95. The van der Waals surface area contributed by atoms with E-state index in [0.717, 1.165) is 0 Å². The summed E-state index contributed by atoms with van der Waals surface area (Å²) in [6.07, 6.45) is 0.614. The molecular weight excluding hydrogens is 216 g/mol. The summed E-state index contributed by atoms with van der Waals surface area (Å²) in [6, 6.07) is 0. The highest BCUT2D eigenvalue weighted by Gasteiger charge is 2.20. The highest BCUT2D eigenvalue weighted by atomic mass is 16.6. The number of aliphatic hydroxyl groups is 1. The van der Waals surface area contributed by atoms with Crippen LogP contribution in [0, 0.1) is 10.1 Å². The third kappa shape index (κ3) is 2.91. The molecule has 0 radical (unpaired) electrons. The van der Waals surface area contributed by atoms with E-state index in [1.54, 1.807) is 7.05 Å². The lowest BCUT2D eigenvalue weighted by Gasteiger charge is -2.11. The van der Waals surface area contributed by atoms with Gasteiger partial charge in [-0.15, -0.1) is 0 Å². The number of nitrogens with one attached hydrogen (secondary N) is 1. The van der Waals surface area contributed by atoms with Gasteiger partial charge in [0.15, 0.2) is 0 Å². The van der Waals surface area contributed by atoms with Gasteiger partial charge >= 0.3 is 5.82 Å². The highest BCUT2D eigenvalue weighted by molar-refractivity contribution is 5.51. The lowest BCUT2D eigenvalue weighted by molar-refractivity contribution is -0.388. The van der Waals surface area contributed by atoms with E-state index in [-0.39, 0.29) is 24.8 Å². The number of nitro groups is 1. The van der Waals surface area contributed by atoms with Crippen LogP contribution in [0.1, 0.15) is 0 Å². The fourth-order valence-electron chi connectivity index (χ4n) is 1.22. The number of hydrogen-bond donors (Lipinski definition) is 2. The molecule has 1 heterocycles. The molecule has 1 atom stereocenters. The molecule has 0 spiro atoms. The maximum atomic E-state index is 10.6. The Morgan fingerprint density at radius 2 is 2.50 bits per heavy atom. The van der Waals surface area contributed by atoms with Crippen molar-refractivity contribution in [3.63, 3.8) is 0 Å². The second-order valence-electron chi connectivity index (χ2n) is 3.27. The minimum Gasteiger partial charge on any atom is -0.389 e. The molecule has 1 aromatic heterocycles. The number of rotatable bonds is 6. The van der Waals surface area contributed by atoms with Gasteiger partial charge in [-0.2, -0.15) is 0 Å². The molecule has 0 saturated carbocycles. The number of anilines is 1. The molecule has 16 heavy (non-hydrogen) atoms. The van der Waals surface area contributed by atoms with Gasteiger partial charge < -0.3 is 25.3 Å². The average Bonchev–Trinajstić information content (AvgIpc) is 2.57. The van der Waals surface area contributed by atoms with Crippen LogP contribution in [-0.2, 0) is 11.8 Å². The summed E-state index contributed by atoms with van der Waals surface area (Å²) < 4.78 is 6.22. The molecule has 0 saturated heterocycles. The second-order valence-corrected chi connectivity index (χ2v) is 3.27. The number of imidazole rings is 1. The first kappa shape index (κ1) is 12.4. The fraction of sp³-hybridized carbons (Fsp3) is 0.625. The molecule has 1 unspecified atom stereocenters. The van der Waals surface area contributed by atoms with Crippen LogP contribution in [0.4, 0.5) is 11.6 Å². The zero-order chi connectivity index (χ0) is 12.1. The van der Waals surface area contributed by atoms with E-state index in [9.17, 15) is 15.2 Å². The predicted molar refractivity (Wildman–Crippen MR) is 56.2 cm³/mol. The van der Waals surface area contributed by atoms with Gasteiger partial charge in [-0.1, -0.05) is 0 Å². The number of aryl methyl sites for hydroxylation is 1. The van der Waals surface area contributed by atoms with Gasteiger partial charge in [0.2, 0.25) is 12.1 Å². The van der Waals surface area contributed by atoms with Gasteiger partial charge in [0.1, 0.15) is 0 Å². The number of hydrogen-bond acceptors (Lipinski definition) is 6. The van der Waals surface area contributed by atoms with Crippen molar-refractivity contribution in [2.45, 2.75) is 6.10 Å². The summed E-state index contributed by atoms with van der Waals surface area (Å²) in [5.74, 6) is 0.00673. The van der Waals surface area contributed by atoms with Crippen LogP contribution in [0.5, 0.6) is 0 Å². The molecule has 0 amide bonds. The summed E-state index contributed by atoms with van der Waals surface area (Å²) in [5, 5.41) is 22.7. The molecule has 8 nitrogen and oxygen atoms in total. The van der Waals surface area contributed by atoms with Crippen molar-refractivity contribution in [2.24, 2.45) is 7.05 Å². The Balaban J connectivity index is 2.65. The Morgan fingerprint density at radius 1 is 1.81 bits per heavy atom. The van der Waals surface area contributed by atoms with Gasteiger partial charge in [0.25, 0.3) is 0 Å². The number of aliphatic hydroxyl groups excluding tert-OH is 1. The zero-order valence-corrected chi connectivity index (χ0v) is 9.08. The molecule has 0 aliphatic rings. The molecule has 2 N–H and O–H groups in total. The molecule has 0 aliphatic heterocycles. The first-order valence-electron chi connectivity index (χ1n) is 4.62. The summed E-state index contributed by atoms with van der Waals surface area (Å²) >= 11 is 0. The molecule has 1 rings (SSSR count). The molecule has 0 fully saturated rings. The molecule has 1 aromatic rings. The Hall–Kier alpha value is -1.67. The molecule has 0 bridgehead atoms. The quantitative estimate of drug-likeness (QED) is 0.516. The lowest BCUT2D eigenvalue weighted by atomic mass is 10.4. The van der Waals surface area contributed by atoms with Gasteiger partial charge in [-0.3, -0.25) is 4.57 Å². The van der Waals surface area contributed by atoms with Crippen LogP contribution in [0.2, 0.25) is 0 Å². The van der Waals surface area contributed by atoms with Gasteiger partial charge in [0.05, 0.1) is 12.7 Å². The largest absolute Gasteiger partial charge is 0.406 e. The monoisotopic (exact) mass is 230 g/mol. The number of nitrogens with zero attached hydrogens (tertiary/aromatic N) is 3. The van der Waals surface area contributed by atoms with E-state index < -0.39 is 11.0 Å². The standard InChI is InChI=1S/C8H14N4O4/c1-11-5-10-8(12(14)15)7(11)9-3-6(13)4-16-2/h5-6,9,13H,3-4H2,1-2H3. The first-order valence-corrected chi connectivity index (χ1v) is 4.62. The van der Waals surface area contributed by atoms with Gasteiger partial charge in [-0.25, -0.2) is 0 Å². The SMILES string of the molecule is COCC(O)CNc1c([N+](=O)[O-])ncn1C. The van der Waals surface area contributed by atoms with Crippen molar-refractivity contribution in [3.8, 4) is 0 Å². The van der Waals surface area contributed by atoms with E-state index >= 15 is 0 Å². The van der Waals surface area contributed by atoms with Crippen LogP contribution in [0.25, 0.3) is 0 Å². The van der Waals surface area contributed by atoms with Gasteiger partial charge in [-0.05, 0) is 9.91 Å². The van der Waals surface area contributed by atoms with E-state index in [4.69, 9.17) is 4.74 Å². The molecular formula is C8H14N4O4. The van der Waals surface area contributed by atoms with Crippen molar-refractivity contribution in [3.05, 3.63) is 16.4 Å². The van der Waals surface area contributed by atoms with Crippen LogP contribution < -0.4 is 5.32 Å². The van der Waals surface area contributed by atoms with E-state index in [2.05, 4.69) is 10.3 Å². The number of ether oxygens (including phenoxy) is 1. The normalized spacial score (nSPS) is 12.4. The molecule has 90 valence electrons. The van der Waals surface area contributed by atoms with Crippen molar-refractivity contribution in [2.75, 3.05) is 25.6 Å². The summed E-state index contributed by atoms with van der Waals surface area (Å²) in [4.78, 5) is 13.7. The van der Waals surface area contributed by atoms with E-state index in [1.165, 1.54) is 18.0 Å². The minimum atomic E-state index is -0.723. The Labute approximate surface area is 92.0 Å². The highest BCUT2D eigenvalue weighted by Crippen LogP contribution is 2.20. The lowest BCUT2D eigenvalue weighted by Crippen LogP contribution is -2.25. The van der Waals surface area contributed by atoms with Crippen molar-refractivity contribution in [1.82, 2.24) is 9.55 Å². The fourth-order valence-corrected chi connectivity index (χ4v) is 1.22. The topological polar surface area (TPSA) is 102 Å².